The van der Waals surface area contributed by atoms with Gasteiger partial charge in [-0.1, -0.05) is 24.3 Å². The van der Waals surface area contributed by atoms with E-state index in [0.717, 1.165) is 25.9 Å². The highest BCUT2D eigenvalue weighted by Crippen LogP contribution is 2.18. The minimum Gasteiger partial charge on any atom is -0.284 e. The molecule has 1 aliphatic rings. The van der Waals surface area contributed by atoms with Gasteiger partial charge in [0.1, 0.15) is 0 Å². The molecule has 0 bridgehead atoms. The third-order valence-corrected chi connectivity index (χ3v) is 3.25. The summed E-state index contributed by atoms with van der Waals surface area (Å²) < 4.78 is 0. The minimum absolute atomic E-state index is 0.309. The van der Waals surface area contributed by atoms with Crippen molar-refractivity contribution >= 4 is 0 Å². The van der Waals surface area contributed by atoms with Crippen molar-refractivity contribution in [2.24, 2.45) is 5.84 Å². The van der Waals surface area contributed by atoms with Crippen LogP contribution in [0.5, 0.6) is 0 Å². The van der Waals surface area contributed by atoms with Crippen LogP contribution in [0.25, 0.3) is 0 Å². The molecule has 1 aromatic rings. The number of benzene rings is 1. The number of rotatable bonds is 2. The van der Waals surface area contributed by atoms with E-state index in [2.05, 4.69) is 31.2 Å². The van der Waals surface area contributed by atoms with Crippen molar-refractivity contribution in [3.8, 4) is 0 Å². The smallest absolute Gasteiger partial charge is 0.0701 e. The normalized spacial score (nSPS) is 23.0. The molecule has 0 amide bonds. The molecule has 2 rings (SSSR count). The Morgan fingerprint density at radius 3 is 3.00 bits per heavy atom. The van der Waals surface area contributed by atoms with E-state index in [-0.39, 0.29) is 0 Å². The summed E-state index contributed by atoms with van der Waals surface area (Å²) in [5, 5.41) is 1.56. The summed E-state index contributed by atoms with van der Waals surface area (Å²) in [4.78, 5) is 5.44. The largest absolute Gasteiger partial charge is 0.284 e. The molecule has 1 atom stereocenters. The van der Waals surface area contributed by atoms with Gasteiger partial charge in [-0.2, -0.15) is 0 Å². The maximum Gasteiger partial charge on any atom is 0.0701 e. The Morgan fingerprint density at radius 1 is 1.38 bits per heavy atom. The van der Waals surface area contributed by atoms with Gasteiger partial charge in [-0.15, -0.1) is 5.17 Å². The number of hydroxylamine groups is 1. The Morgan fingerprint density at radius 2 is 2.19 bits per heavy atom. The van der Waals surface area contributed by atoms with Gasteiger partial charge < -0.3 is 0 Å². The van der Waals surface area contributed by atoms with Crippen molar-refractivity contribution in [2.75, 3.05) is 6.61 Å². The Bertz CT molecular complexity index is 340. The van der Waals surface area contributed by atoms with Crippen LogP contribution in [0, 0.1) is 6.92 Å². The number of hydrogen-bond acceptors (Lipinski definition) is 3. The zero-order valence-electron chi connectivity index (χ0n) is 9.86. The first-order valence-corrected chi connectivity index (χ1v) is 5.99. The molecule has 1 saturated heterocycles. The van der Waals surface area contributed by atoms with Crippen LogP contribution in [0.15, 0.2) is 24.3 Å². The quantitative estimate of drug-likeness (QED) is 0.776. The monoisotopic (exact) mass is 220 g/mol. The number of nitrogens with two attached hydrogens (primary N) is 1. The molecule has 0 aromatic heterocycles. The number of aryl methyl sites for hydroxylation is 1. The van der Waals surface area contributed by atoms with E-state index in [9.17, 15) is 0 Å². The molecule has 2 N–H and O–H groups in total. The Balaban J connectivity index is 2.05. The van der Waals surface area contributed by atoms with Crippen LogP contribution in [-0.2, 0) is 11.3 Å². The standard InChI is InChI=1S/C13H20N2O/c1-11-6-2-3-7-12(11)10-13-8-4-5-9-16-15(13)14/h2-3,6-7,13H,4-5,8-10,14H2,1H3. The third-order valence-electron chi connectivity index (χ3n) is 3.25. The third kappa shape index (κ3) is 2.82. The molecule has 1 heterocycles. The molecule has 1 fully saturated rings. The highest BCUT2D eigenvalue weighted by molar-refractivity contribution is 5.26. The predicted molar refractivity (Wildman–Crippen MR) is 64.5 cm³/mol. The number of nitrogens with zero attached hydrogens (tertiary/aromatic N) is 1. The molecule has 3 nitrogen and oxygen atoms in total. The van der Waals surface area contributed by atoms with Crippen molar-refractivity contribution in [2.45, 2.75) is 38.6 Å². The highest BCUT2D eigenvalue weighted by Gasteiger charge is 2.19. The summed E-state index contributed by atoms with van der Waals surface area (Å²) in [6.07, 6.45) is 4.40. The van der Waals surface area contributed by atoms with Gasteiger partial charge in [0.15, 0.2) is 0 Å². The van der Waals surface area contributed by atoms with Crippen LogP contribution < -0.4 is 5.84 Å². The van der Waals surface area contributed by atoms with Gasteiger partial charge in [0, 0.05) is 0 Å². The van der Waals surface area contributed by atoms with Crippen molar-refractivity contribution in [3.63, 3.8) is 0 Å². The van der Waals surface area contributed by atoms with E-state index in [0.29, 0.717) is 6.04 Å². The second-order valence-corrected chi connectivity index (χ2v) is 4.47. The summed E-state index contributed by atoms with van der Waals surface area (Å²) >= 11 is 0. The maximum atomic E-state index is 5.89. The van der Waals surface area contributed by atoms with Crippen LogP contribution in [0.4, 0.5) is 0 Å². The van der Waals surface area contributed by atoms with Crippen LogP contribution in [0.1, 0.15) is 30.4 Å². The fourth-order valence-corrected chi connectivity index (χ4v) is 2.17. The molecule has 0 aliphatic carbocycles. The molecular weight excluding hydrogens is 200 g/mol. The van der Waals surface area contributed by atoms with Crippen LogP contribution >= 0.6 is 0 Å². The summed E-state index contributed by atoms with van der Waals surface area (Å²) in [6.45, 7) is 2.90. The second kappa shape index (κ2) is 5.43. The Labute approximate surface area is 97.1 Å². The SMILES string of the molecule is Cc1ccccc1CC1CCCCON1N. The first kappa shape index (κ1) is 11.6. The molecule has 3 heteroatoms. The molecule has 1 aliphatic heterocycles. The average Bonchev–Trinajstić information content (AvgIpc) is 2.48. The molecule has 0 radical (unpaired) electrons. The lowest BCUT2D eigenvalue weighted by atomic mass is 9.98. The zero-order chi connectivity index (χ0) is 11.4. The van der Waals surface area contributed by atoms with Gasteiger partial charge in [0.05, 0.1) is 12.6 Å². The first-order chi connectivity index (χ1) is 7.77. The molecule has 0 spiro atoms. The minimum atomic E-state index is 0.309. The molecule has 1 aromatic carbocycles. The molecule has 16 heavy (non-hydrogen) atoms. The van der Waals surface area contributed by atoms with Crippen molar-refractivity contribution in [1.29, 1.82) is 0 Å². The lowest BCUT2D eigenvalue weighted by Crippen LogP contribution is -2.41. The lowest BCUT2D eigenvalue weighted by Gasteiger charge is -2.24. The Kier molecular flexibility index (Phi) is 3.93. The first-order valence-electron chi connectivity index (χ1n) is 5.99. The molecular formula is C13H20N2O. The summed E-state index contributed by atoms with van der Waals surface area (Å²) in [7, 11) is 0. The fourth-order valence-electron chi connectivity index (χ4n) is 2.17. The zero-order valence-corrected chi connectivity index (χ0v) is 9.86. The van der Waals surface area contributed by atoms with E-state index >= 15 is 0 Å². The fraction of sp³-hybridized carbons (Fsp3) is 0.538. The highest BCUT2D eigenvalue weighted by atomic mass is 16.7. The number of hydrogen-bond donors (Lipinski definition) is 1. The molecule has 1 unspecified atom stereocenters. The molecule has 88 valence electrons. The second-order valence-electron chi connectivity index (χ2n) is 4.47. The van der Waals surface area contributed by atoms with Crippen LogP contribution in [0.2, 0.25) is 0 Å². The van der Waals surface area contributed by atoms with Gasteiger partial charge in [-0.25, -0.2) is 5.84 Å². The van der Waals surface area contributed by atoms with Gasteiger partial charge in [0.25, 0.3) is 0 Å². The molecule has 0 saturated carbocycles. The predicted octanol–water partition coefficient (Wildman–Crippen LogP) is 2.20. The topological polar surface area (TPSA) is 38.5 Å². The number of hydrazine groups is 1. The van der Waals surface area contributed by atoms with Gasteiger partial charge >= 0.3 is 0 Å². The van der Waals surface area contributed by atoms with Gasteiger partial charge in [-0.3, -0.25) is 4.84 Å². The van der Waals surface area contributed by atoms with Crippen molar-refractivity contribution in [1.82, 2.24) is 5.17 Å². The summed E-state index contributed by atoms with van der Waals surface area (Å²) in [6, 6.07) is 8.79. The average molecular weight is 220 g/mol. The lowest BCUT2D eigenvalue weighted by molar-refractivity contribution is -0.181. The van der Waals surface area contributed by atoms with Crippen LogP contribution in [0.3, 0.4) is 0 Å². The van der Waals surface area contributed by atoms with Crippen molar-refractivity contribution in [3.05, 3.63) is 35.4 Å². The van der Waals surface area contributed by atoms with Gasteiger partial charge in [0.2, 0.25) is 0 Å². The van der Waals surface area contributed by atoms with E-state index in [4.69, 9.17) is 10.7 Å². The van der Waals surface area contributed by atoms with Gasteiger partial charge in [-0.05, 0) is 43.7 Å². The summed E-state index contributed by atoms with van der Waals surface area (Å²) in [5.41, 5.74) is 2.70. The van der Waals surface area contributed by atoms with E-state index in [1.54, 1.807) is 5.17 Å². The van der Waals surface area contributed by atoms with Crippen molar-refractivity contribution < 1.29 is 4.84 Å². The van der Waals surface area contributed by atoms with E-state index in [1.165, 1.54) is 17.5 Å². The maximum absolute atomic E-state index is 5.89. The van der Waals surface area contributed by atoms with Crippen LogP contribution in [-0.4, -0.2) is 17.8 Å². The van der Waals surface area contributed by atoms with E-state index in [1.807, 2.05) is 0 Å². The Hall–Kier alpha value is -0.900. The summed E-state index contributed by atoms with van der Waals surface area (Å²) in [5.74, 6) is 5.89. The van der Waals surface area contributed by atoms with E-state index < -0.39 is 0 Å².